The summed E-state index contributed by atoms with van der Waals surface area (Å²) in [6.45, 7) is 15.0. The predicted octanol–water partition coefficient (Wildman–Crippen LogP) is 3.70. The molecule has 3 rings (SSSR count). The Bertz CT molecular complexity index is 1050. The first-order chi connectivity index (χ1) is 19.6. The highest BCUT2D eigenvalue weighted by Gasteiger charge is 2.58. The first-order valence-corrected chi connectivity index (χ1v) is 14.9. The number of ether oxygens (including phenoxy) is 5. The van der Waals surface area contributed by atoms with Gasteiger partial charge in [-0.2, -0.15) is 0 Å². The number of nitrogens with one attached hydrogen (secondary N) is 1. The van der Waals surface area contributed by atoms with Gasteiger partial charge in [0.1, 0.15) is 29.5 Å². The van der Waals surface area contributed by atoms with Crippen molar-refractivity contribution in [3.8, 4) is 0 Å². The molecule has 0 aromatic rings. The highest BCUT2D eigenvalue weighted by atomic mass is 16.6. The summed E-state index contributed by atoms with van der Waals surface area (Å²) in [6.07, 6.45) is 8.35. The van der Waals surface area contributed by atoms with Gasteiger partial charge >= 0.3 is 11.9 Å². The van der Waals surface area contributed by atoms with Gasteiger partial charge < -0.3 is 34.1 Å². The van der Waals surface area contributed by atoms with Gasteiger partial charge in [0.05, 0.1) is 37.4 Å². The number of aliphatic hydroxyl groups is 1. The van der Waals surface area contributed by atoms with Crippen molar-refractivity contribution in [1.82, 2.24) is 5.32 Å². The van der Waals surface area contributed by atoms with Crippen molar-refractivity contribution in [3.63, 3.8) is 0 Å². The average Bonchev–Trinajstić information content (AvgIpc) is 3.63. The maximum atomic E-state index is 12.4. The van der Waals surface area contributed by atoms with Gasteiger partial charge in [-0.1, -0.05) is 30.7 Å². The number of carbonyl (C=O) groups is 3. The van der Waals surface area contributed by atoms with Crippen molar-refractivity contribution in [2.75, 3.05) is 6.61 Å². The van der Waals surface area contributed by atoms with Crippen LogP contribution in [0.15, 0.2) is 36.0 Å². The van der Waals surface area contributed by atoms with E-state index in [2.05, 4.69) is 18.3 Å². The van der Waals surface area contributed by atoms with Crippen LogP contribution in [0.2, 0.25) is 0 Å². The molecule has 3 aliphatic heterocycles. The third-order valence-corrected chi connectivity index (χ3v) is 7.74. The normalized spacial score (nSPS) is 34.4. The van der Waals surface area contributed by atoms with Crippen molar-refractivity contribution in [2.24, 2.45) is 5.92 Å². The Morgan fingerprint density at radius 3 is 2.45 bits per heavy atom. The molecule has 0 bridgehead atoms. The van der Waals surface area contributed by atoms with Crippen LogP contribution in [0.4, 0.5) is 0 Å². The first-order valence-electron chi connectivity index (χ1n) is 14.9. The van der Waals surface area contributed by atoms with Gasteiger partial charge in [0.2, 0.25) is 5.91 Å². The molecule has 3 heterocycles. The number of rotatable bonds is 10. The predicted molar refractivity (Wildman–Crippen MR) is 156 cm³/mol. The van der Waals surface area contributed by atoms with Crippen LogP contribution < -0.4 is 5.32 Å². The standard InChI is InChI=1S/C32H49NO9/c1-19(10-13-27-30(37)32(18-38-32)17-24(41-27)16-29(36)42-31(6,7)8)9-12-26-20(2)15-25(22(4)40-26)33-28(35)14-11-21(3)39-23(5)34/h9-11,13-14,20-22,24-27,30,37H,12,15-18H2,1-8H3,(H,33,35)/b13-10+,14-11-,19-9+/t20-,21-,22+,24+,25+,26-,27+,30+,32+/m0/s1. The summed E-state index contributed by atoms with van der Waals surface area (Å²) in [4.78, 5) is 35.8. The van der Waals surface area contributed by atoms with E-state index in [4.69, 9.17) is 23.7 Å². The molecule has 10 nitrogen and oxygen atoms in total. The monoisotopic (exact) mass is 591 g/mol. The molecule has 9 atom stereocenters. The summed E-state index contributed by atoms with van der Waals surface area (Å²) in [5.74, 6) is -0.764. The van der Waals surface area contributed by atoms with Crippen molar-refractivity contribution < 1.29 is 43.2 Å². The van der Waals surface area contributed by atoms with Crippen LogP contribution in [0.1, 0.15) is 81.1 Å². The molecule has 0 saturated carbocycles. The van der Waals surface area contributed by atoms with E-state index in [1.807, 2.05) is 46.8 Å². The van der Waals surface area contributed by atoms with Crippen LogP contribution in [0, 0.1) is 5.92 Å². The van der Waals surface area contributed by atoms with E-state index >= 15 is 0 Å². The van der Waals surface area contributed by atoms with E-state index in [1.165, 1.54) is 13.0 Å². The molecule has 1 spiro atoms. The second-order valence-electron chi connectivity index (χ2n) is 12.9. The van der Waals surface area contributed by atoms with Gasteiger partial charge in [-0.25, -0.2) is 0 Å². The smallest absolute Gasteiger partial charge is 0.308 e. The number of amides is 1. The number of allylic oxidation sites excluding steroid dienone is 2. The van der Waals surface area contributed by atoms with Gasteiger partial charge in [-0.05, 0) is 66.4 Å². The molecule has 2 N–H and O–H groups in total. The number of esters is 2. The van der Waals surface area contributed by atoms with Crippen molar-refractivity contribution in [1.29, 1.82) is 0 Å². The van der Waals surface area contributed by atoms with Crippen LogP contribution in [0.3, 0.4) is 0 Å². The molecule has 236 valence electrons. The molecule has 1 amide bonds. The third-order valence-electron chi connectivity index (χ3n) is 7.74. The topological polar surface area (TPSA) is 133 Å². The minimum atomic E-state index is -0.814. The van der Waals surface area contributed by atoms with Gasteiger partial charge in [0.15, 0.2) is 0 Å². The fourth-order valence-corrected chi connectivity index (χ4v) is 5.46. The lowest BCUT2D eigenvalue weighted by atomic mass is 9.87. The molecule has 10 heteroatoms. The van der Waals surface area contributed by atoms with E-state index in [0.29, 0.717) is 19.4 Å². The fourth-order valence-electron chi connectivity index (χ4n) is 5.46. The molecule has 0 aromatic heterocycles. The van der Waals surface area contributed by atoms with Crippen molar-refractivity contribution >= 4 is 17.8 Å². The second kappa shape index (κ2) is 14.3. The molecule has 3 fully saturated rings. The van der Waals surface area contributed by atoms with Crippen molar-refractivity contribution in [2.45, 2.75) is 135 Å². The average molecular weight is 592 g/mol. The van der Waals surface area contributed by atoms with Gasteiger partial charge in [0.25, 0.3) is 0 Å². The summed E-state index contributed by atoms with van der Waals surface area (Å²) in [7, 11) is 0. The quantitative estimate of drug-likeness (QED) is 0.169. The van der Waals surface area contributed by atoms with E-state index < -0.39 is 41.6 Å². The Balaban J connectivity index is 1.51. The molecule has 0 aromatic carbocycles. The van der Waals surface area contributed by atoms with Gasteiger partial charge in [-0.15, -0.1) is 0 Å². The summed E-state index contributed by atoms with van der Waals surface area (Å²) in [5, 5.41) is 13.9. The summed E-state index contributed by atoms with van der Waals surface area (Å²) >= 11 is 0. The zero-order valence-corrected chi connectivity index (χ0v) is 26.3. The Morgan fingerprint density at radius 2 is 1.83 bits per heavy atom. The minimum Gasteiger partial charge on any atom is -0.460 e. The van der Waals surface area contributed by atoms with E-state index in [1.54, 1.807) is 13.0 Å². The molecular weight excluding hydrogens is 542 g/mol. The van der Waals surface area contributed by atoms with E-state index in [9.17, 15) is 19.5 Å². The Hall–Kier alpha value is -2.53. The van der Waals surface area contributed by atoms with E-state index in [-0.39, 0.29) is 42.5 Å². The summed E-state index contributed by atoms with van der Waals surface area (Å²) in [5.41, 5.74) is -0.242. The van der Waals surface area contributed by atoms with Gasteiger partial charge in [-0.3, -0.25) is 14.4 Å². The molecule has 3 saturated heterocycles. The van der Waals surface area contributed by atoms with Crippen LogP contribution in [0.5, 0.6) is 0 Å². The third kappa shape index (κ3) is 10.3. The molecule has 0 unspecified atom stereocenters. The Morgan fingerprint density at radius 1 is 1.14 bits per heavy atom. The zero-order valence-electron chi connectivity index (χ0n) is 26.3. The zero-order chi connectivity index (χ0) is 31.2. The SMILES string of the molecule is CC(=O)O[C@@H](C)/C=C\C(=O)N[C@@H]1C[C@H](C)[C@H](C/C=C(C)/C=C/[C@H]2O[C@H](CC(=O)OC(C)(C)C)C[C@@]3(CO3)[C@@H]2O)O[C@@H]1C. The molecule has 0 radical (unpaired) electrons. The van der Waals surface area contributed by atoms with Crippen LogP contribution in [-0.4, -0.2) is 83.4 Å². The number of epoxide rings is 1. The van der Waals surface area contributed by atoms with Crippen LogP contribution >= 0.6 is 0 Å². The van der Waals surface area contributed by atoms with Crippen LogP contribution in [-0.2, 0) is 38.1 Å². The molecular formula is C32H49NO9. The van der Waals surface area contributed by atoms with Gasteiger partial charge in [0, 0.05) is 19.4 Å². The Labute approximate surface area is 249 Å². The lowest BCUT2D eigenvalue weighted by Gasteiger charge is -2.39. The number of aliphatic hydroxyl groups excluding tert-OH is 1. The maximum Gasteiger partial charge on any atom is 0.308 e. The summed E-state index contributed by atoms with van der Waals surface area (Å²) in [6, 6.07) is -0.127. The minimum absolute atomic E-state index is 0.00565. The molecule has 3 aliphatic rings. The van der Waals surface area contributed by atoms with Crippen LogP contribution in [0.25, 0.3) is 0 Å². The highest BCUT2D eigenvalue weighted by molar-refractivity contribution is 5.87. The second-order valence-corrected chi connectivity index (χ2v) is 12.9. The number of hydrogen-bond donors (Lipinski definition) is 2. The largest absolute Gasteiger partial charge is 0.460 e. The highest BCUT2D eigenvalue weighted by Crippen LogP contribution is 2.43. The maximum absolute atomic E-state index is 12.4. The summed E-state index contributed by atoms with van der Waals surface area (Å²) < 4.78 is 28.4. The fraction of sp³-hybridized carbons (Fsp3) is 0.719. The lowest BCUT2D eigenvalue weighted by molar-refractivity contribution is -0.168. The first kappa shape index (κ1) is 34.0. The molecule has 0 aliphatic carbocycles. The molecule has 42 heavy (non-hydrogen) atoms. The number of carbonyl (C=O) groups excluding carboxylic acids is 3. The van der Waals surface area contributed by atoms with Crippen molar-refractivity contribution in [3.05, 3.63) is 36.0 Å². The van der Waals surface area contributed by atoms with E-state index in [0.717, 1.165) is 12.0 Å². The lowest BCUT2D eigenvalue weighted by Crippen LogP contribution is -2.50. The number of hydrogen-bond acceptors (Lipinski definition) is 9. The Kier molecular flexibility index (Phi) is 11.6.